The second-order valence-electron chi connectivity index (χ2n) is 7.77. The van der Waals surface area contributed by atoms with Gasteiger partial charge in [0.1, 0.15) is 17.4 Å². The van der Waals surface area contributed by atoms with Crippen molar-refractivity contribution in [2.24, 2.45) is 0 Å². The van der Waals surface area contributed by atoms with Gasteiger partial charge in [-0.05, 0) is 39.7 Å². The predicted octanol–water partition coefficient (Wildman–Crippen LogP) is 2.85. The number of carbonyl (C=O) groups is 2. The van der Waals surface area contributed by atoms with Crippen molar-refractivity contribution in [3.05, 3.63) is 23.1 Å². The van der Waals surface area contributed by atoms with Gasteiger partial charge in [-0.2, -0.15) is 0 Å². The van der Waals surface area contributed by atoms with Crippen LogP contribution in [0.2, 0.25) is 0 Å². The van der Waals surface area contributed by atoms with E-state index in [9.17, 15) is 9.59 Å². The number of carbonyl (C=O) groups excluding carboxylic acids is 2. The van der Waals surface area contributed by atoms with Crippen LogP contribution in [0.15, 0.2) is 6.07 Å². The van der Waals surface area contributed by atoms with Crippen LogP contribution in [0.25, 0.3) is 11.2 Å². The summed E-state index contributed by atoms with van der Waals surface area (Å²) in [5.41, 5.74) is 2.88. The molecule has 0 N–H and O–H groups in total. The van der Waals surface area contributed by atoms with E-state index in [-0.39, 0.29) is 11.8 Å². The number of fused-ring (bicyclic) bond motifs is 3. The fraction of sp³-hybridized carbons (Fsp3) is 0.619. The molecule has 156 valence electrons. The fourth-order valence-electron chi connectivity index (χ4n) is 4.33. The van der Waals surface area contributed by atoms with Crippen molar-refractivity contribution in [1.29, 1.82) is 0 Å². The number of aromatic nitrogens is 3. The van der Waals surface area contributed by atoms with Crippen molar-refractivity contribution in [2.75, 3.05) is 24.7 Å². The number of hydrogen-bond donors (Lipinski definition) is 0. The molecule has 0 radical (unpaired) electrons. The van der Waals surface area contributed by atoms with Gasteiger partial charge < -0.3 is 14.4 Å². The quantitative estimate of drug-likeness (QED) is 0.768. The van der Waals surface area contributed by atoms with E-state index >= 15 is 0 Å². The van der Waals surface area contributed by atoms with Crippen molar-refractivity contribution in [3.8, 4) is 0 Å². The van der Waals surface area contributed by atoms with Crippen LogP contribution in [0.4, 0.5) is 0 Å². The molecule has 0 spiro atoms. The van der Waals surface area contributed by atoms with Crippen LogP contribution < -0.4 is 0 Å². The molecule has 4 rings (SSSR count). The maximum absolute atomic E-state index is 13.6. The Morgan fingerprint density at radius 1 is 1.21 bits per heavy atom. The highest BCUT2D eigenvalue weighted by molar-refractivity contribution is 7.99. The van der Waals surface area contributed by atoms with Crippen molar-refractivity contribution < 1.29 is 9.59 Å². The van der Waals surface area contributed by atoms with Crippen LogP contribution >= 0.6 is 11.8 Å². The summed E-state index contributed by atoms with van der Waals surface area (Å²) in [7, 11) is 0. The summed E-state index contributed by atoms with van der Waals surface area (Å²) >= 11 is 1.64. The van der Waals surface area contributed by atoms with E-state index in [4.69, 9.17) is 9.97 Å². The van der Waals surface area contributed by atoms with Crippen LogP contribution in [-0.4, -0.2) is 66.9 Å². The second kappa shape index (κ2) is 8.34. The molecule has 2 aliphatic heterocycles. The minimum Gasteiger partial charge on any atom is -0.341 e. The number of amides is 2. The maximum atomic E-state index is 13.6. The zero-order chi connectivity index (χ0) is 20.5. The monoisotopic (exact) mass is 415 g/mol. The SMILES string of the molecule is CCN(CC)C(=O)C1CSCN1C(=O)c1cc(C)nc2c1nc1n2CCCCC1. The van der Waals surface area contributed by atoms with Crippen molar-refractivity contribution >= 4 is 34.7 Å². The highest BCUT2D eigenvalue weighted by Crippen LogP contribution is 2.29. The van der Waals surface area contributed by atoms with E-state index in [1.807, 2.05) is 31.7 Å². The number of aryl methyl sites for hydroxylation is 3. The number of hydrogen-bond acceptors (Lipinski definition) is 5. The summed E-state index contributed by atoms with van der Waals surface area (Å²) in [6, 6.07) is 1.43. The highest BCUT2D eigenvalue weighted by Gasteiger charge is 2.38. The summed E-state index contributed by atoms with van der Waals surface area (Å²) in [5, 5.41) is 0. The first-order valence-electron chi connectivity index (χ1n) is 10.6. The molecule has 1 unspecified atom stereocenters. The summed E-state index contributed by atoms with van der Waals surface area (Å²) < 4.78 is 2.18. The topological polar surface area (TPSA) is 71.3 Å². The Morgan fingerprint density at radius 3 is 2.76 bits per heavy atom. The van der Waals surface area contributed by atoms with Gasteiger partial charge in [0.05, 0.1) is 11.4 Å². The summed E-state index contributed by atoms with van der Waals surface area (Å²) in [6.07, 6.45) is 4.35. The Morgan fingerprint density at radius 2 is 2.00 bits per heavy atom. The normalized spacial score (nSPS) is 19.3. The van der Waals surface area contributed by atoms with E-state index in [0.717, 1.165) is 43.0 Å². The lowest BCUT2D eigenvalue weighted by Gasteiger charge is -2.28. The standard InChI is InChI=1S/C21H29N5O2S/c1-4-24(5-2)21(28)16-12-29-13-26(16)20(27)15-11-14(3)22-19-18(15)23-17-9-7-6-8-10-25(17)19/h11,16H,4-10,12-13H2,1-3H3. The average Bonchev–Trinajstić information content (AvgIpc) is 3.26. The van der Waals surface area contributed by atoms with Crippen LogP contribution in [0.3, 0.4) is 0 Å². The van der Waals surface area contributed by atoms with E-state index in [2.05, 4.69) is 4.57 Å². The van der Waals surface area contributed by atoms with Crippen LogP contribution in [-0.2, 0) is 17.8 Å². The number of rotatable bonds is 4. The molecule has 8 heteroatoms. The van der Waals surface area contributed by atoms with Crippen molar-refractivity contribution in [2.45, 2.75) is 59.0 Å². The highest BCUT2D eigenvalue weighted by atomic mass is 32.2. The van der Waals surface area contributed by atoms with Crippen LogP contribution in [0.1, 0.15) is 55.0 Å². The lowest BCUT2D eigenvalue weighted by atomic mass is 10.1. The Balaban J connectivity index is 1.72. The number of likely N-dealkylation sites (N-methyl/N-ethyl adjacent to an activating group) is 1. The number of pyridine rings is 1. The molecule has 4 heterocycles. The summed E-state index contributed by atoms with van der Waals surface area (Å²) in [4.78, 5) is 39.6. The zero-order valence-electron chi connectivity index (χ0n) is 17.5. The van der Waals surface area contributed by atoms with Gasteiger partial charge in [-0.3, -0.25) is 9.59 Å². The van der Waals surface area contributed by atoms with E-state index in [1.54, 1.807) is 16.7 Å². The van der Waals surface area contributed by atoms with Crippen LogP contribution in [0.5, 0.6) is 0 Å². The molecule has 0 aromatic carbocycles. The molecule has 2 aromatic heterocycles. The average molecular weight is 416 g/mol. The molecule has 0 bridgehead atoms. The fourth-order valence-corrected chi connectivity index (χ4v) is 5.47. The second-order valence-corrected chi connectivity index (χ2v) is 8.77. The van der Waals surface area contributed by atoms with Gasteiger partial charge in [-0.15, -0.1) is 11.8 Å². The lowest BCUT2D eigenvalue weighted by molar-refractivity contribution is -0.134. The Kier molecular flexibility index (Phi) is 5.81. The first-order chi connectivity index (χ1) is 14.0. The van der Waals surface area contributed by atoms with Gasteiger partial charge in [0.15, 0.2) is 5.65 Å². The third-order valence-corrected chi connectivity index (χ3v) is 6.94. The first-order valence-corrected chi connectivity index (χ1v) is 11.7. The van der Waals surface area contributed by atoms with Gasteiger partial charge >= 0.3 is 0 Å². The van der Waals surface area contributed by atoms with E-state index in [0.29, 0.717) is 35.8 Å². The predicted molar refractivity (Wildman–Crippen MR) is 115 cm³/mol. The molecule has 7 nitrogen and oxygen atoms in total. The number of nitrogens with zero attached hydrogens (tertiary/aromatic N) is 5. The lowest BCUT2D eigenvalue weighted by Crippen LogP contribution is -2.49. The molecule has 1 saturated heterocycles. The molecule has 0 saturated carbocycles. The van der Waals surface area contributed by atoms with Crippen LogP contribution in [0, 0.1) is 6.92 Å². The molecule has 2 aromatic rings. The smallest absolute Gasteiger partial charge is 0.257 e. The Bertz CT molecular complexity index is 937. The minimum absolute atomic E-state index is 0.0380. The zero-order valence-corrected chi connectivity index (χ0v) is 18.3. The van der Waals surface area contributed by atoms with E-state index < -0.39 is 6.04 Å². The van der Waals surface area contributed by atoms with Gasteiger partial charge in [0, 0.05) is 37.5 Å². The molecule has 1 atom stereocenters. The molecular formula is C21H29N5O2S. The molecule has 0 aliphatic carbocycles. The van der Waals surface area contributed by atoms with Crippen molar-refractivity contribution in [3.63, 3.8) is 0 Å². The molecule has 1 fully saturated rings. The maximum Gasteiger partial charge on any atom is 0.257 e. The molecule has 29 heavy (non-hydrogen) atoms. The molecule has 2 aliphatic rings. The first kappa shape index (κ1) is 20.2. The summed E-state index contributed by atoms with van der Waals surface area (Å²) in [6.45, 7) is 8.09. The largest absolute Gasteiger partial charge is 0.341 e. The molecule has 2 amide bonds. The van der Waals surface area contributed by atoms with Gasteiger partial charge in [-0.25, -0.2) is 9.97 Å². The number of thioether (sulfide) groups is 1. The third-order valence-electron chi connectivity index (χ3n) is 5.93. The van der Waals surface area contributed by atoms with Gasteiger partial charge in [0.25, 0.3) is 5.91 Å². The van der Waals surface area contributed by atoms with Gasteiger partial charge in [0.2, 0.25) is 5.91 Å². The Hall–Kier alpha value is -2.09. The Labute approximate surface area is 175 Å². The summed E-state index contributed by atoms with van der Waals surface area (Å²) in [5.74, 6) is 2.14. The van der Waals surface area contributed by atoms with E-state index in [1.165, 1.54) is 6.42 Å². The van der Waals surface area contributed by atoms with Gasteiger partial charge in [-0.1, -0.05) is 6.42 Å². The minimum atomic E-state index is -0.406. The number of imidazole rings is 1. The third kappa shape index (κ3) is 3.63. The molecular weight excluding hydrogens is 386 g/mol. The van der Waals surface area contributed by atoms with Crippen molar-refractivity contribution in [1.82, 2.24) is 24.3 Å².